The summed E-state index contributed by atoms with van der Waals surface area (Å²) in [6.45, 7) is 20.2. The molecule has 0 rings (SSSR count). The van der Waals surface area contributed by atoms with Gasteiger partial charge < -0.3 is 20.0 Å². The van der Waals surface area contributed by atoms with E-state index in [-0.39, 0.29) is 0 Å². The van der Waals surface area contributed by atoms with Gasteiger partial charge in [0.25, 0.3) is 0 Å². The van der Waals surface area contributed by atoms with Crippen molar-refractivity contribution in [3.05, 3.63) is 0 Å². The van der Waals surface area contributed by atoms with Gasteiger partial charge in [0, 0.05) is 6.54 Å². The maximum Gasteiger partial charge on any atom is 0.0893 e. The molecule has 0 saturated carbocycles. The molecule has 0 unspecified atom stereocenters. The topological polar surface area (TPSA) is 22.9 Å². The van der Waals surface area contributed by atoms with Crippen molar-refractivity contribution in [2.45, 2.75) is 48.5 Å². The fourth-order valence-corrected chi connectivity index (χ4v) is 0.599. The normalized spacial score (nSPS) is 8.73. The van der Waals surface area contributed by atoms with Crippen molar-refractivity contribution in [2.24, 2.45) is 0 Å². The number of hydrogen-bond acceptors (Lipinski definition) is 3. The second-order valence-electron chi connectivity index (χ2n) is 4.95. The van der Waals surface area contributed by atoms with E-state index in [9.17, 15) is 0 Å². The van der Waals surface area contributed by atoms with Crippen LogP contribution in [-0.2, 0) is 0 Å². The molecule has 22 heavy (non-hydrogen) atoms. The molecule has 0 aromatic rings. The van der Waals surface area contributed by atoms with Gasteiger partial charge in [0.2, 0.25) is 0 Å². The summed E-state index contributed by atoms with van der Waals surface area (Å²) in [5.41, 5.74) is 0. The van der Waals surface area contributed by atoms with E-state index < -0.39 is 0 Å². The number of nitrogens with zero attached hydrogens (tertiary/aromatic N) is 2. The van der Waals surface area contributed by atoms with Crippen LogP contribution in [0.15, 0.2) is 0 Å². The number of likely N-dealkylation sites (N-methyl/N-ethyl adjacent to an activating group) is 2. The summed E-state index contributed by atoms with van der Waals surface area (Å²) in [6, 6.07) is 0. The summed E-state index contributed by atoms with van der Waals surface area (Å²) in [5.74, 6) is 0. The first kappa shape index (κ1) is 33.4. The standard InChI is InChI=1S/C5H14N2.C5H13N.C4H11N.2C2H6/c1-6-4-5-7(2)3;1-4-6(3)5-2;1-4-5(2)3;2*1-2/h6H,4-5H2,1-3H3;4-5H2,1-3H3;4H2,1-3H3;2*1-2H3/p+1. The fourth-order valence-electron chi connectivity index (χ4n) is 0.599. The molecule has 0 saturated heterocycles. The van der Waals surface area contributed by atoms with Gasteiger partial charge in [0.1, 0.15) is 0 Å². The third-order valence-corrected chi connectivity index (χ3v) is 2.59. The second kappa shape index (κ2) is 37.2. The van der Waals surface area contributed by atoms with Crippen molar-refractivity contribution in [3.63, 3.8) is 0 Å². The first-order valence-electron chi connectivity index (χ1n) is 9.12. The van der Waals surface area contributed by atoms with Gasteiger partial charge in [-0.3, -0.25) is 0 Å². The van der Waals surface area contributed by atoms with Gasteiger partial charge in [-0.25, -0.2) is 0 Å². The van der Waals surface area contributed by atoms with E-state index in [0.717, 1.165) is 26.2 Å². The van der Waals surface area contributed by atoms with E-state index >= 15 is 0 Å². The molecule has 2 N–H and O–H groups in total. The van der Waals surface area contributed by atoms with Crippen LogP contribution in [0.4, 0.5) is 0 Å². The van der Waals surface area contributed by atoms with Crippen LogP contribution in [-0.4, -0.2) is 84.8 Å². The molecule has 0 aliphatic rings. The highest BCUT2D eigenvalue weighted by molar-refractivity contribution is 4.36. The van der Waals surface area contributed by atoms with Crippen molar-refractivity contribution in [1.29, 1.82) is 0 Å². The van der Waals surface area contributed by atoms with Gasteiger partial charge in [-0.2, -0.15) is 0 Å². The minimum absolute atomic E-state index is 1.11. The van der Waals surface area contributed by atoms with Gasteiger partial charge in [0.05, 0.1) is 20.6 Å². The molecule has 0 aliphatic carbocycles. The molecule has 0 radical (unpaired) electrons. The lowest BCUT2D eigenvalue weighted by molar-refractivity contribution is -0.856. The molecule has 0 amide bonds. The zero-order valence-electron chi connectivity index (χ0n) is 18.4. The zero-order chi connectivity index (χ0) is 19.0. The monoisotopic (exact) mass is 323 g/mol. The lowest BCUT2D eigenvalue weighted by Gasteiger charge is -2.07. The Labute approximate surface area is 144 Å². The van der Waals surface area contributed by atoms with Crippen LogP contribution in [0.5, 0.6) is 0 Å². The maximum atomic E-state index is 3.08. The molecule has 0 fully saturated rings. The smallest absolute Gasteiger partial charge is 0.0893 e. The summed E-state index contributed by atoms with van der Waals surface area (Å²) in [4.78, 5) is 5.87. The summed E-state index contributed by atoms with van der Waals surface area (Å²) < 4.78 is 0. The summed E-state index contributed by atoms with van der Waals surface area (Å²) in [5, 5.41) is 3.08. The Morgan fingerprint density at radius 3 is 1.14 bits per heavy atom. The Kier molecular flexibility index (Phi) is 56.6. The maximum absolute atomic E-state index is 3.08. The molecule has 0 aromatic heterocycles. The molecular formula is C18H51N4+. The predicted molar refractivity (Wildman–Crippen MR) is 107 cm³/mol. The van der Waals surface area contributed by atoms with Gasteiger partial charge >= 0.3 is 0 Å². The van der Waals surface area contributed by atoms with Crippen molar-refractivity contribution < 1.29 is 4.90 Å². The van der Waals surface area contributed by atoms with Crippen LogP contribution < -0.4 is 10.2 Å². The van der Waals surface area contributed by atoms with Crippen molar-refractivity contribution >= 4 is 0 Å². The third-order valence-electron chi connectivity index (χ3n) is 2.59. The average Bonchev–Trinajstić information content (AvgIpc) is 2.56. The molecule has 4 nitrogen and oxygen atoms in total. The Balaban J connectivity index is -0.0000000594. The van der Waals surface area contributed by atoms with E-state index in [0.29, 0.717) is 0 Å². The third kappa shape index (κ3) is 72.7. The SMILES string of the molecule is CC.CC.CCN(C)C.CCN(C)CC.CNCC[NH+](C)C. The summed E-state index contributed by atoms with van der Waals surface area (Å²) >= 11 is 0. The van der Waals surface area contributed by atoms with Crippen LogP contribution in [0.3, 0.4) is 0 Å². The Morgan fingerprint density at radius 1 is 0.773 bits per heavy atom. The Hall–Kier alpha value is -0.160. The number of quaternary nitrogens is 1. The number of nitrogens with one attached hydrogen (secondary N) is 2. The van der Waals surface area contributed by atoms with Crippen LogP contribution >= 0.6 is 0 Å². The lowest BCUT2D eigenvalue weighted by atomic mass is 10.6. The van der Waals surface area contributed by atoms with E-state index in [1.54, 1.807) is 0 Å². The molecule has 142 valence electrons. The first-order chi connectivity index (χ1) is 10.3. The molecule has 0 aromatic carbocycles. The van der Waals surface area contributed by atoms with E-state index in [2.05, 4.69) is 71.1 Å². The Bertz CT molecular complexity index is 124. The van der Waals surface area contributed by atoms with Gasteiger partial charge in [-0.1, -0.05) is 48.5 Å². The molecule has 0 aliphatic heterocycles. The predicted octanol–water partition coefficient (Wildman–Crippen LogP) is 1.93. The molecule has 0 heterocycles. The first-order valence-corrected chi connectivity index (χ1v) is 9.12. The minimum atomic E-state index is 1.11. The number of hydrogen-bond donors (Lipinski definition) is 2. The van der Waals surface area contributed by atoms with Crippen molar-refractivity contribution in [1.82, 2.24) is 15.1 Å². The quantitative estimate of drug-likeness (QED) is 0.781. The van der Waals surface area contributed by atoms with Gasteiger partial charge in [0.15, 0.2) is 0 Å². The second-order valence-corrected chi connectivity index (χ2v) is 4.95. The highest BCUT2D eigenvalue weighted by Gasteiger charge is 1.86. The highest BCUT2D eigenvalue weighted by Crippen LogP contribution is 1.73. The van der Waals surface area contributed by atoms with Crippen LogP contribution in [0.1, 0.15) is 48.5 Å². The molecule has 0 atom stereocenters. The summed E-state index contributed by atoms with van der Waals surface area (Å²) in [6.07, 6.45) is 0. The fraction of sp³-hybridized carbons (Fsp3) is 1.00. The highest BCUT2D eigenvalue weighted by atomic mass is 15.1. The zero-order valence-corrected chi connectivity index (χ0v) is 18.4. The van der Waals surface area contributed by atoms with Crippen molar-refractivity contribution in [2.75, 3.05) is 75.0 Å². The van der Waals surface area contributed by atoms with Crippen LogP contribution in [0, 0.1) is 0 Å². The molecule has 0 bridgehead atoms. The van der Waals surface area contributed by atoms with Crippen molar-refractivity contribution in [3.8, 4) is 0 Å². The minimum Gasteiger partial charge on any atom is -0.339 e. The summed E-state index contributed by atoms with van der Waals surface area (Å²) in [7, 11) is 12.5. The average molecular weight is 324 g/mol. The molecule has 4 heteroatoms. The van der Waals surface area contributed by atoms with Crippen LogP contribution in [0.2, 0.25) is 0 Å². The van der Waals surface area contributed by atoms with Crippen LogP contribution in [0.25, 0.3) is 0 Å². The lowest BCUT2D eigenvalue weighted by Crippen LogP contribution is -3.06. The van der Waals surface area contributed by atoms with E-state index in [4.69, 9.17) is 0 Å². The van der Waals surface area contributed by atoms with Gasteiger partial charge in [-0.05, 0) is 47.8 Å². The van der Waals surface area contributed by atoms with E-state index in [1.807, 2.05) is 34.7 Å². The largest absolute Gasteiger partial charge is 0.339 e. The number of rotatable bonds is 6. The van der Waals surface area contributed by atoms with E-state index in [1.165, 1.54) is 11.4 Å². The molecule has 0 spiro atoms. The van der Waals surface area contributed by atoms with Gasteiger partial charge in [-0.15, -0.1) is 0 Å². The molecular weight excluding hydrogens is 272 g/mol. The Morgan fingerprint density at radius 2 is 1.09 bits per heavy atom.